The summed E-state index contributed by atoms with van der Waals surface area (Å²) in [7, 11) is 1.91. The molecule has 0 saturated carbocycles. The first-order valence-electron chi connectivity index (χ1n) is 5.76. The van der Waals surface area contributed by atoms with Crippen LogP contribution in [0.3, 0.4) is 0 Å². The fraction of sp³-hybridized carbons (Fsp3) is 0.333. The molecule has 18 heavy (non-hydrogen) atoms. The van der Waals surface area contributed by atoms with Gasteiger partial charge in [-0.25, -0.2) is 4.98 Å². The fourth-order valence-corrected chi connectivity index (χ4v) is 1.98. The Morgan fingerprint density at radius 3 is 2.94 bits per heavy atom. The minimum Gasteiger partial charge on any atom is -0.396 e. The molecule has 0 radical (unpaired) electrons. The van der Waals surface area contributed by atoms with Crippen molar-refractivity contribution in [2.75, 3.05) is 11.1 Å². The number of nitrogens with zero attached hydrogens (tertiary/aromatic N) is 3. The third-order valence-corrected chi connectivity index (χ3v) is 2.86. The smallest absolute Gasteiger partial charge is 0.149 e. The maximum absolute atomic E-state index is 5.83. The number of nitrogens with one attached hydrogen (secondary N) is 1. The van der Waals surface area contributed by atoms with Crippen molar-refractivity contribution in [1.82, 2.24) is 14.8 Å². The van der Waals surface area contributed by atoms with Crippen LogP contribution in [0.1, 0.15) is 18.2 Å². The van der Waals surface area contributed by atoms with Crippen molar-refractivity contribution in [1.29, 1.82) is 0 Å². The Hall–Kier alpha value is -1.75. The Labute approximate surface area is 111 Å². The molecule has 0 unspecified atom stereocenters. The van der Waals surface area contributed by atoms with Crippen molar-refractivity contribution >= 4 is 23.1 Å². The standard InChI is InChI=1S/C12H16ClN5/c1-3-11-8(7-18(2)17-11)5-15-12-10(14)4-9(13)6-16-12/h4,6-7H,3,5,14H2,1-2H3,(H,15,16). The van der Waals surface area contributed by atoms with Gasteiger partial charge < -0.3 is 11.1 Å². The number of aromatic nitrogens is 3. The van der Waals surface area contributed by atoms with E-state index in [-0.39, 0.29) is 0 Å². The highest BCUT2D eigenvalue weighted by Gasteiger charge is 2.07. The minimum absolute atomic E-state index is 0.536. The lowest BCUT2D eigenvalue weighted by atomic mass is 10.2. The molecule has 2 rings (SSSR count). The number of anilines is 2. The number of hydrogen-bond donors (Lipinski definition) is 2. The van der Waals surface area contributed by atoms with Gasteiger partial charge >= 0.3 is 0 Å². The second-order valence-electron chi connectivity index (χ2n) is 4.07. The van der Waals surface area contributed by atoms with E-state index >= 15 is 0 Å². The van der Waals surface area contributed by atoms with E-state index in [1.807, 2.05) is 17.9 Å². The molecule has 0 amide bonds. The van der Waals surface area contributed by atoms with Crippen molar-refractivity contribution in [3.8, 4) is 0 Å². The van der Waals surface area contributed by atoms with Gasteiger partial charge in [-0.2, -0.15) is 5.10 Å². The normalized spacial score (nSPS) is 10.6. The third kappa shape index (κ3) is 2.73. The van der Waals surface area contributed by atoms with Crippen LogP contribution in [-0.2, 0) is 20.0 Å². The zero-order chi connectivity index (χ0) is 13.1. The summed E-state index contributed by atoms with van der Waals surface area (Å²) in [5.74, 6) is 0.644. The van der Waals surface area contributed by atoms with Gasteiger partial charge in [0.05, 0.1) is 16.4 Å². The summed E-state index contributed by atoms with van der Waals surface area (Å²) in [6.07, 6.45) is 4.48. The summed E-state index contributed by atoms with van der Waals surface area (Å²) < 4.78 is 1.81. The maximum Gasteiger partial charge on any atom is 0.149 e. The van der Waals surface area contributed by atoms with E-state index in [0.717, 1.165) is 17.7 Å². The molecule has 0 spiro atoms. The summed E-state index contributed by atoms with van der Waals surface area (Å²) in [5.41, 5.74) is 8.61. The predicted octanol–water partition coefficient (Wildman–Crippen LogP) is 2.23. The van der Waals surface area contributed by atoms with E-state index in [1.165, 1.54) is 0 Å². The molecular weight excluding hydrogens is 250 g/mol. The van der Waals surface area contributed by atoms with Crippen LogP contribution in [0.4, 0.5) is 11.5 Å². The Kier molecular flexibility index (Phi) is 3.72. The molecule has 2 aromatic heterocycles. The Bertz CT molecular complexity index is 549. The molecule has 3 N–H and O–H groups in total. The fourth-order valence-electron chi connectivity index (χ4n) is 1.81. The molecular formula is C12H16ClN5. The largest absolute Gasteiger partial charge is 0.396 e. The van der Waals surface area contributed by atoms with Crippen molar-refractivity contribution in [3.05, 3.63) is 34.7 Å². The number of pyridine rings is 1. The van der Waals surface area contributed by atoms with Crippen LogP contribution in [0.15, 0.2) is 18.5 Å². The van der Waals surface area contributed by atoms with E-state index in [9.17, 15) is 0 Å². The molecule has 0 saturated heterocycles. The highest BCUT2D eigenvalue weighted by Crippen LogP contribution is 2.20. The van der Waals surface area contributed by atoms with Gasteiger partial charge in [0.1, 0.15) is 5.82 Å². The first-order chi connectivity index (χ1) is 8.60. The second-order valence-corrected chi connectivity index (χ2v) is 4.51. The van der Waals surface area contributed by atoms with Crippen molar-refractivity contribution in [3.63, 3.8) is 0 Å². The SMILES string of the molecule is CCc1nn(C)cc1CNc1ncc(Cl)cc1N. The van der Waals surface area contributed by atoms with E-state index in [1.54, 1.807) is 12.3 Å². The monoisotopic (exact) mass is 265 g/mol. The average Bonchev–Trinajstić information content (AvgIpc) is 2.68. The van der Waals surface area contributed by atoms with E-state index in [4.69, 9.17) is 17.3 Å². The third-order valence-electron chi connectivity index (χ3n) is 2.66. The van der Waals surface area contributed by atoms with Crippen LogP contribution in [0.25, 0.3) is 0 Å². The molecule has 0 aliphatic carbocycles. The zero-order valence-corrected chi connectivity index (χ0v) is 11.2. The molecule has 0 aromatic carbocycles. The summed E-state index contributed by atoms with van der Waals surface area (Å²) in [4.78, 5) is 4.16. The number of nitrogen functional groups attached to an aromatic ring is 1. The predicted molar refractivity (Wildman–Crippen MR) is 73.6 cm³/mol. The lowest BCUT2D eigenvalue weighted by Crippen LogP contribution is -2.05. The molecule has 6 heteroatoms. The van der Waals surface area contributed by atoms with E-state index in [2.05, 4.69) is 22.3 Å². The molecule has 0 atom stereocenters. The molecule has 0 fully saturated rings. The molecule has 2 aromatic rings. The van der Waals surface area contributed by atoms with Gasteiger partial charge in [0.25, 0.3) is 0 Å². The molecule has 0 bridgehead atoms. The van der Waals surface area contributed by atoms with E-state index < -0.39 is 0 Å². The molecule has 5 nitrogen and oxygen atoms in total. The van der Waals surface area contributed by atoms with Crippen LogP contribution in [-0.4, -0.2) is 14.8 Å². The van der Waals surface area contributed by atoms with Crippen LogP contribution >= 0.6 is 11.6 Å². The van der Waals surface area contributed by atoms with E-state index in [0.29, 0.717) is 23.1 Å². The first-order valence-corrected chi connectivity index (χ1v) is 6.14. The van der Waals surface area contributed by atoms with Crippen molar-refractivity contribution in [2.24, 2.45) is 7.05 Å². The van der Waals surface area contributed by atoms with Gasteiger partial charge in [0, 0.05) is 31.5 Å². The summed E-state index contributed by atoms with van der Waals surface area (Å²) in [6, 6.07) is 1.68. The van der Waals surface area contributed by atoms with Crippen LogP contribution in [0.2, 0.25) is 5.02 Å². The maximum atomic E-state index is 5.83. The summed E-state index contributed by atoms with van der Waals surface area (Å²) in [5, 5.41) is 8.11. The lowest BCUT2D eigenvalue weighted by molar-refractivity contribution is 0.746. The Morgan fingerprint density at radius 2 is 2.28 bits per heavy atom. The van der Waals surface area contributed by atoms with Crippen LogP contribution < -0.4 is 11.1 Å². The molecule has 0 aliphatic heterocycles. The van der Waals surface area contributed by atoms with Gasteiger partial charge in [-0.15, -0.1) is 0 Å². The van der Waals surface area contributed by atoms with Crippen molar-refractivity contribution in [2.45, 2.75) is 19.9 Å². The van der Waals surface area contributed by atoms with Gasteiger partial charge in [0.15, 0.2) is 0 Å². The van der Waals surface area contributed by atoms with Gasteiger partial charge in [-0.1, -0.05) is 18.5 Å². The van der Waals surface area contributed by atoms with Crippen LogP contribution in [0.5, 0.6) is 0 Å². The minimum atomic E-state index is 0.536. The molecule has 2 heterocycles. The number of nitrogens with two attached hydrogens (primary N) is 1. The lowest BCUT2D eigenvalue weighted by Gasteiger charge is -2.07. The Balaban J connectivity index is 2.11. The average molecular weight is 266 g/mol. The number of aryl methyl sites for hydroxylation is 2. The first kappa shape index (κ1) is 12.7. The number of halogens is 1. The number of hydrogen-bond acceptors (Lipinski definition) is 4. The van der Waals surface area contributed by atoms with Gasteiger partial charge in [-0.05, 0) is 12.5 Å². The topological polar surface area (TPSA) is 68.8 Å². The Morgan fingerprint density at radius 1 is 1.50 bits per heavy atom. The summed E-state index contributed by atoms with van der Waals surface area (Å²) >= 11 is 5.80. The van der Waals surface area contributed by atoms with Crippen molar-refractivity contribution < 1.29 is 0 Å². The highest BCUT2D eigenvalue weighted by molar-refractivity contribution is 6.30. The van der Waals surface area contributed by atoms with Crippen LogP contribution in [0, 0.1) is 0 Å². The molecule has 0 aliphatic rings. The highest BCUT2D eigenvalue weighted by atomic mass is 35.5. The molecule has 96 valence electrons. The van der Waals surface area contributed by atoms with Gasteiger partial charge in [0.2, 0.25) is 0 Å². The zero-order valence-electron chi connectivity index (χ0n) is 10.4. The second kappa shape index (κ2) is 5.27. The number of rotatable bonds is 4. The quantitative estimate of drug-likeness (QED) is 0.889. The summed E-state index contributed by atoms with van der Waals surface area (Å²) in [6.45, 7) is 2.73. The van der Waals surface area contributed by atoms with Gasteiger partial charge in [-0.3, -0.25) is 4.68 Å².